The average molecular weight is 428 g/mol. The van der Waals surface area contributed by atoms with E-state index in [0.29, 0.717) is 28.1 Å². The zero-order valence-corrected chi connectivity index (χ0v) is 17.5. The Morgan fingerprint density at radius 2 is 1.75 bits per heavy atom. The second-order valence-electron chi connectivity index (χ2n) is 6.98. The summed E-state index contributed by atoms with van der Waals surface area (Å²) in [5, 5.41) is 15.4. The molecule has 0 amide bonds. The molecule has 0 saturated heterocycles. The van der Waals surface area contributed by atoms with E-state index in [9.17, 15) is 14.9 Å². The predicted molar refractivity (Wildman–Crippen MR) is 122 cm³/mol. The quantitative estimate of drug-likeness (QED) is 0.227. The number of ketones is 1. The number of nitro benzene ring substituents is 1. The van der Waals surface area contributed by atoms with Crippen molar-refractivity contribution >= 4 is 17.2 Å². The van der Waals surface area contributed by atoms with Crippen molar-refractivity contribution in [2.75, 3.05) is 19.5 Å². The highest BCUT2D eigenvalue weighted by molar-refractivity contribution is 6.18. The summed E-state index contributed by atoms with van der Waals surface area (Å²) < 4.78 is 10.7. The molecular formula is C25H20N2O5. The Labute approximate surface area is 184 Å². The predicted octanol–water partition coefficient (Wildman–Crippen LogP) is 5.80. The molecule has 0 aliphatic carbocycles. The third kappa shape index (κ3) is 3.72. The Hall–Kier alpha value is -4.39. The second-order valence-corrected chi connectivity index (χ2v) is 6.98. The minimum atomic E-state index is -0.468. The summed E-state index contributed by atoms with van der Waals surface area (Å²) in [5.74, 6) is 0.473. The van der Waals surface area contributed by atoms with Crippen LogP contribution in [0.15, 0.2) is 83.5 Å². The zero-order valence-electron chi connectivity index (χ0n) is 17.5. The molecule has 7 heteroatoms. The topological polar surface area (TPSA) is 94.6 Å². The SMILES string of the molecule is CNc1cc(-c2ccccc2)c([N+](=O)[O-])c(-c2ccco2)c1C(=O)c1ccc(OC)cc1. The molecule has 1 heterocycles. The fourth-order valence-electron chi connectivity index (χ4n) is 3.68. The average Bonchev–Trinajstić information content (AvgIpc) is 3.37. The van der Waals surface area contributed by atoms with E-state index in [2.05, 4.69) is 5.32 Å². The van der Waals surface area contributed by atoms with Gasteiger partial charge >= 0.3 is 0 Å². The van der Waals surface area contributed by atoms with Gasteiger partial charge in [0.15, 0.2) is 5.78 Å². The molecule has 3 aromatic carbocycles. The van der Waals surface area contributed by atoms with Gasteiger partial charge in [-0.2, -0.15) is 0 Å². The molecule has 0 atom stereocenters. The molecule has 4 aromatic rings. The number of carbonyl (C=O) groups is 1. The van der Waals surface area contributed by atoms with Gasteiger partial charge in [-0.15, -0.1) is 0 Å². The maximum absolute atomic E-state index is 13.6. The first kappa shape index (κ1) is 20.9. The largest absolute Gasteiger partial charge is 0.497 e. The van der Waals surface area contributed by atoms with Crippen molar-refractivity contribution in [3.63, 3.8) is 0 Å². The molecule has 4 rings (SSSR count). The van der Waals surface area contributed by atoms with Crippen LogP contribution in [0, 0.1) is 10.1 Å². The van der Waals surface area contributed by atoms with Crippen molar-refractivity contribution < 1.29 is 18.9 Å². The van der Waals surface area contributed by atoms with Crippen molar-refractivity contribution in [1.29, 1.82) is 0 Å². The summed E-state index contributed by atoms with van der Waals surface area (Å²) in [5.41, 5.74) is 1.98. The summed E-state index contributed by atoms with van der Waals surface area (Å²) in [6, 6.07) is 20.5. The van der Waals surface area contributed by atoms with Crippen molar-refractivity contribution in [3.8, 4) is 28.2 Å². The Morgan fingerprint density at radius 3 is 2.31 bits per heavy atom. The van der Waals surface area contributed by atoms with Crippen molar-refractivity contribution in [3.05, 3.63) is 100 Å². The molecule has 1 N–H and O–H groups in total. The third-order valence-electron chi connectivity index (χ3n) is 5.18. The molecule has 0 aliphatic rings. The van der Waals surface area contributed by atoms with E-state index in [1.54, 1.807) is 73.8 Å². The summed E-state index contributed by atoms with van der Waals surface area (Å²) in [6.45, 7) is 0. The molecule has 1 aromatic heterocycles. The van der Waals surface area contributed by atoms with Crippen LogP contribution in [0.3, 0.4) is 0 Å². The van der Waals surface area contributed by atoms with Gasteiger partial charge in [-0.1, -0.05) is 30.3 Å². The summed E-state index contributed by atoms with van der Waals surface area (Å²) in [6.07, 6.45) is 1.43. The molecule has 0 aliphatic heterocycles. The number of nitrogens with zero attached hydrogens (tertiary/aromatic N) is 1. The van der Waals surface area contributed by atoms with Crippen LogP contribution in [-0.4, -0.2) is 24.9 Å². The smallest absolute Gasteiger partial charge is 0.289 e. The Kier molecular flexibility index (Phi) is 5.72. The second kappa shape index (κ2) is 8.77. The van der Waals surface area contributed by atoms with Gasteiger partial charge < -0.3 is 14.5 Å². The van der Waals surface area contributed by atoms with Crippen LogP contribution in [0.1, 0.15) is 15.9 Å². The number of rotatable bonds is 7. The summed E-state index contributed by atoms with van der Waals surface area (Å²) >= 11 is 0. The highest BCUT2D eigenvalue weighted by atomic mass is 16.6. The summed E-state index contributed by atoms with van der Waals surface area (Å²) in [4.78, 5) is 25.5. The molecule has 0 saturated carbocycles. The van der Waals surface area contributed by atoms with Crippen LogP contribution >= 0.6 is 0 Å². The number of ether oxygens (including phenoxy) is 1. The van der Waals surface area contributed by atoms with E-state index in [0.717, 1.165) is 0 Å². The van der Waals surface area contributed by atoms with Crippen LogP contribution in [-0.2, 0) is 0 Å². The lowest BCUT2D eigenvalue weighted by Gasteiger charge is -2.17. The van der Waals surface area contributed by atoms with E-state index in [-0.39, 0.29) is 28.4 Å². The van der Waals surface area contributed by atoms with Crippen LogP contribution in [0.5, 0.6) is 5.75 Å². The lowest BCUT2D eigenvalue weighted by molar-refractivity contribution is -0.383. The first-order valence-corrected chi connectivity index (χ1v) is 9.86. The van der Waals surface area contributed by atoms with Gasteiger partial charge in [0.25, 0.3) is 5.69 Å². The molecule has 32 heavy (non-hydrogen) atoms. The van der Waals surface area contributed by atoms with Gasteiger partial charge in [0.05, 0.1) is 29.4 Å². The van der Waals surface area contributed by atoms with Crippen molar-refractivity contribution in [2.45, 2.75) is 0 Å². The number of methoxy groups -OCH3 is 1. The third-order valence-corrected chi connectivity index (χ3v) is 5.18. The number of benzene rings is 3. The Balaban J connectivity index is 2.06. The number of hydrogen-bond acceptors (Lipinski definition) is 6. The minimum Gasteiger partial charge on any atom is -0.497 e. The van der Waals surface area contributed by atoms with Gasteiger partial charge in [0.1, 0.15) is 17.1 Å². The molecule has 160 valence electrons. The van der Waals surface area contributed by atoms with E-state index < -0.39 is 4.92 Å². The number of nitro groups is 1. The van der Waals surface area contributed by atoms with Gasteiger partial charge in [0.2, 0.25) is 0 Å². The van der Waals surface area contributed by atoms with Gasteiger partial charge in [-0.25, -0.2) is 0 Å². The van der Waals surface area contributed by atoms with Crippen LogP contribution in [0.4, 0.5) is 11.4 Å². The van der Waals surface area contributed by atoms with Crippen molar-refractivity contribution in [1.82, 2.24) is 0 Å². The molecular weight excluding hydrogens is 408 g/mol. The monoisotopic (exact) mass is 428 g/mol. The molecule has 0 bridgehead atoms. The first-order chi connectivity index (χ1) is 15.5. The number of furan rings is 1. The van der Waals surface area contributed by atoms with Gasteiger partial charge in [0, 0.05) is 18.3 Å². The van der Waals surface area contributed by atoms with E-state index >= 15 is 0 Å². The highest BCUT2D eigenvalue weighted by Gasteiger charge is 2.32. The van der Waals surface area contributed by atoms with E-state index in [4.69, 9.17) is 9.15 Å². The number of anilines is 1. The lowest BCUT2D eigenvalue weighted by Crippen LogP contribution is -2.10. The molecule has 7 nitrogen and oxygen atoms in total. The van der Waals surface area contributed by atoms with Crippen LogP contribution in [0.25, 0.3) is 22.5 Å². The van der Waals surface area contributed by atoms with E-state index in [1.165, 1.54) is 13.4 Å². The normalized spacial score (nSPS) is 10.6. The maximum atomic E-state index is 13.6. The molecule has 0 radical (unpaired) electrons. The maximum Gasteiger partial charge on any atom is 0.289 e. The Bertz CT molecular complexity index is 1260. The molecule has 0 unspecified atom stereocenters. The minimum absolute atomic E-state index is 0.131. The molecule has 0 spiro atoms. The van der Waals surface area contributed by atoms with Crippen LogP contribution < -0.4 is 10.1 Å². The standard InChI is InChI=1S/C25H20N2O5/c1-26-20-15-19(16-7-4-3-5-8-16)24(27(29)30)23(21-9-6-14-32-21)22(20)25(28)17-10-12-18(31-2)13-11-17/h3-15,26H,1-2H3. The zero-order chi connectivity index (χ0) is 22.7. The number of hydrogen-bond donors (Lipinski definition) is 1. The lowest BCUT2D eigenvalue weighted by atomic mass is 9.89. The fourth-order valence-corrected chi connectivity index (χ4v) is 3.68. The Morgan fingerprint density at radius 1 is 1.03 bits per heavy atom. The molecule has 0 fully saturated rings. The highest BCUT2D eigenvalue weighted by Crippen LogP contribution is 2.45. The number of nitrogens with one attached hydrogen (secondary N) is 1. The van der Waals surface area contributed by atoms with Gasteiger partial charge in [-0.05, 0) is 48.0 Å². The van der Waals surface area contributed by atoms with E-state index in [1.807, 2.05) is 6.07 Å². The summed E-state index contributed by atoms with van der Waals surface area (Å²) in [7, 11) is 3.21. The fraction of sp³-hybridized carbons (Fsp3) is 0.0800. The van der Waals surface area contributed by atoms with Gasteiger partial charge in [-0.3, -0.25) is 14.9 Å². The van der Waals surface area contributed by atoms with Crippen molar-refractivity contribution in [2.24, 2.45) is 0 Å². The first-order valence-electron chi connectivity index (χ1n) is 9.86. The van der Waals surface area contributed by atoms with Crippen LogP contribution in [0.2, 0.25) is 0 Å². The number of carbonyl (C=O) groups excluding carboxylic acids is 1.